The summed E-state index contributed by atoms with van der Waals surface area (Å²) in [6, 6.07) is 21.5. The number of hydrazine groups is 1. The van der Waals surface area contributed by atoms with Gasteiger partial charge in [-0.1, -0.05) is 35.9 Å². The Morgan fingerprint density at radius 2 is 1.68 bits per heavy atom. The van der Waals surface area contributed by atoms with Crippen LogP contribution in [0.2, 0.25) is 0 Å². The van der Waals surface area contributed by atoms with Crippen LogP contribution in [-0.2, 0) is 9.59 Å². The number of rotatable bonds is 8. The fourth-order valence-electron chi connectivity index (χ4n) is 3.55. The highest BCUT2D eigenvalue weighted by Gasteiger charge is 2.32. The Hall–Kier alpha value is -4.37. The highest BCUT2D eigenvalue weighted by atomic mass is 16.5. The molecule has 0 fully saturated rings. The summed E-state index contributed by atoms with van der Waals surface area (Å²) >= 11 is 0. The van der Waals surface area contributed by atoms with Gasteiger partial charge in [0.2, 0.25) is 0 Å². The molecule has 194 valence electrons. The van der Waals surface area contributed by atoms with Crippen molar-refractivity contribution in [2.75, 3.05) is 31.1 Å². The smallest absolute Gasteiger partial charge is 0.328 e. The van der Waals surface area contributed by atoms with E-state index in [0.717, 1.165) is 17.3 Å². The molecule has 3 N–H and O–H groups in total. The van der Waals surface area contributed by atoms with Gasteiger partial charge in [-0.3, -0.25) is 10.4 Å². The van der Waals surface area contributed by atoms with Gasteiger partial charge in [0, 0.05) is 30.0 Å². The minimum atomic E-state index is -1.26. The lowest BCUT2D eigenvalue weighted by Crippen LogP contribution is -2.30. The van der Waals surface area contributed by atoms with E-state index in [2.05, 4.69) is 103 Å². The molecule has 9 heteroatoms. The monoisotopic (exact) mass is 504 g/mol. The molecular weight excluding hydrogens is 472 g/mol. The molecule has 37 heavy (non-hydrogen) atoms. The summed E-state index contributed by atoms with van der Waals surface area (Å²) in [5.74, 6) is -0.722. The predicted molar refractivity (Wildman–Crippen MR) is 143 cm³/mol. The van der Waals surface area contributed by atoms with Gasteiger partial charge in [0.25, 0.3) is 0 Å². The topological polar surface area (TPSA) is 115 Å². The molecule has 0 radical (unpaired) electrons. The summed E-state index contributed by atoms with van der Waals surface area (Å²) in [5.41, 5.74) is 8.19. The van der Waals surface area contributed by atoms with Crippen molar-refractivity contribution in [3.63, 3.8) is 0 Å². The van der Waals surface area contributed by atoms with Crippen LogP contribution in [-0.4, -0.2) is 58.8 Å². The zero-order chi connectivity index (χ0) is 26.9. The van der Waals surface area contributed by atoms with Crippen LogP contribution >= 0.6 is 0 Å². The maximum Gasteiger partial charge on any atom is 0.328 e. The van der Waals surface area contributed by atoms with Crippen molar-refractivity contribution >= 4 is 23.4 Å². The third kappa shape index (κ3) is 7.55. The second kappa shape index (κ2) is 12.5. The third-order valence-electron chi connectivity index (χ3n) is 5.87. The lowest BCUT2D eigenvalue weighted by atomic mass is 9.99. The predicted octanol–water partition coefficient (Wildman–Crippen LogP) is 4.37. The van der Waals surface area contributed by atoms with Crippen LogP contribution in [0.5, 0.6) is 5.75 Å². The molecule has 0 spiro atoms. The minimum Gasteiger partial charge on any atom is -0.492 e. The summed E-state index contributed by atoms with van der Waals surface area (Å²) in [5, 5.41) is 17.8. The van der Waals surface area contributed by atoms with Crippen LogP contribution in [0.3, 0.4) is 0 Å². The molecule has 1 aliphatic heterocycles. The van der Waals surface area contributed by atoms with E-state index in [4.69, 9.17) is 14.9 Å². The molecule has 3 aromatic rings. The average Bonchev–Trinajstić information content (AvgIpc) is 3.26. The lowest BCUT2D eigenvalue weighted by Gasteiger charge is -2.27. The molecule has 2 unspecified atom stereocenters. The molecule has 4 rings (SSSR count). The fraction of sp³-hybridized carbons (Fsp3) is 0.250. The zero-order valence-corrected chi connectivity index (χ0v) is 21.3. The largest absolute Gasteiger partial charge is 0.492 e. The number of ether oxygens (including phenoxy) is 1. The summed E-state index contributed by atoms with van der Waals surface area (Å²) < 4.78 is 5.96. The van der Waals surface area contributed by atoms with Gasteiger partial charge in [-0.05, 0) is 63.8 Å². The van der Waals surface area contributed by atoms with Crippen LogP contribution in [0, 0.1) is 6.92 Å². The number of nitrogens with one attached hydrogen (secondary N) is 1. The molecule has 0 saturated carbocycles. The van der Waals surface area contributed by atoms with Gasteiger partial charge in [0.1, 0.15) is 24.2 Å². The number of aryl methyl sites for hydroxylation is 1. The maximum absolute atomic E-state index is 9.55. The summed E-state index contributed by atoms with van der Waals surface area (Å²) in [7, 11) is 4.13. The fourth-order valence-corrected chi connectivity index (χ4v) is 3.55. The summed E-state index contributed by atoms with van der Waals surface area (Å²) in [6.07, 6.45) is 2.94. The normalized spacial score (nSPS) is 14.9. The molecule has 9 nitrogen and oxygen atoms in total. The number of aromatic nitrogens is 1. The van der Waals surface area contributed by atoms with E-state index in [9.17, 15) is 9.59 Å². The molecule has 0 amide bonds. The number of carboxylic acid groups (broad SMARTS) is 2. The molecule has 2 heterocycles. The Balaban J connectivity index is 0.000000414. The number of likely N-dealkylation sites (N-methyl/N-ethyl adjacent to an activating group) is 1. The molecule has 2 atom stereocenters. The first-order valence-corrected chi connectivity index (χ1v) is 11.8. The van der Waals surface area contributed by atoms with Gasteiger partial charge in [0.15, 0.2) is 0 Å². The standard InChI is InChI=1S/C24H28N4O.C4H4O4/c1-17-7-11-20(12-8-17)28-23(22-6-5-15-25-24(22)26-28)19-9-13-21(14-10-19)29-16-18(2)27(3)4;5-3(6)1-2-4(7)8/h5-15,18,23H,16H2,1-4H3,(H,25,26);1-2H,(H,5,6)(H,7,8). The SMILES string of the molecule is Cc1ccc(N2Nc3ncccc3C2c2ccc(OCC(C)N(C)C)cc2)cc1.O=C(O)C=CC(=O)O. The Morgan fingerprint density at radius 3 is 2.24 bits per heavy atom. The van der Waals surface area contributed by atoms with Crippen molar-refractivity contribution in [1.82, 2.24) is 9.88 Å². The molecule has 0 aliphatic carbocycles. The van der Waals surface area contributed by atoms with E-state index in [1.807, 2.05) is 12.3 Å². The first kappa shape index (κ1) is 27.2. The van der Waals surface area contributed by atoms with E-state index >= 15 is 0 Å². The van der Waals surface area contributed by atoms with Crippen molar-refractivity contribution in [3.05, 3.63) is 95.7 Å². The maximum atomic E-state index is 9.55. The number of fused-ring (bicyclic) bond motifs is 1. The number of carbonyl (C=O) groups is 2. The van der Waals surface area contributed by atoms with Gasteiger partial charge in [-0.15, -0.1) is 0 Å². The van der Waals surface area contributed by atoms with Crippen LogP contribution < -0.4 is 15.2 Å². The van der Waals surface area contributed by atoms with E-state index in [1.54, 1.807) is 0 Å². The van der Waals surface area contributed by atoms with E-state index in [1.165, 1.54) is 16.7 Å². The molecule has 0 saturated heterocycles. The molecule has 1 aromatic heterocycles. The molecule has 0 bridgehead atoms. The Bertz CT molecular complexity index is 1210. The van der Waals surface area contributed by atoms with Crippen LogP contribution in [0.25, 0.3) is 0 Å². The van der Waals surface area contributed by atoms with Gasteiger partial charge >= 0.3 is 11.9 Å². The van der Waals surface area contributed by atoms with Gasteiger partial charge < -0.3 is 19.8 Å². The van der Waals surface area contributed by atoms with Crippen molar-refractivity contribution in [2.45, 2.75) is 25.9 Å². The molecular formula is C28H32N4O5. The van der Waals surface area contributed by atoms with Gasteiger partial charge in [-0.2, -0.15) is 0 Å². The van der Waals surface area contributed by atoms with Gasteiger partial charge in [-0.25, -0.2) is 14.6 Å². The van der Waals surface area contributed by atoms with Gasteiger partial charge in [0.05, 0.1) is 5.69 Å². The highest BCUT2D eigenvalue weighted by molar-refractivity contribution is 5.89. The number of anilines is 2. The number of hydrogen-bond acceptors (Lipinski definition) is 7. The number of nitrogens with zero attached hydrogens (tertiary/aromatic N) is 3. The zero-order valence-electron chi connectivity index (χ0n) is 21.3. The lowest BCUT2D eigenvalue weighted by molar-refractivity contribution is -0.134. The number of aliphatic carboxylic acids is 2. The number of pyridine rings is 1. The first-order chi connectivity index (χ1) is 17.7. The Kier molecular flexibility index (Phi) is 9.23. The minimum absolute atomic E-state index is 0.0520. The van der Waals surface area contributed by atoms with E-state index in [-0.39, 0.29) is 6.04 Å². The highest BCUT2D eigenvalue weighted by Crippen LogP contribution is 2.41. The summed E-state index contributed by atoms with van der Waals surface area (Å²) in [4.78, 5) is 25.8. The second-order valence-corrected chi connectivity index (χ2v) is 8.86. The first-order valence-electron chi connectivity index (χ1n) is 11.8. The van der Waals surface area contributed by atoms with Crippen LogP contribution in [0.4, 0.5) is 11.5 Å². The molecule has 2 aromatic carbocycles. The second-order valence-electron chi connectivity index (χ2n) is 8.86. The van der Waals surface area contributed by atoms with Crippen molar-refractivity contribution in [3.8, 4) is 5.75 Å². The van der Waals surface area contributed by atoms with Crippen molar-refractivity contribution in [1.29, 1.82) is 0 Å². The quantitative estimate of drug-likeness (QED) is 0.385. The number of carboxylic acids is 2. The average molecular weight is 505 g/mol. The van der Waals surface area contributed by atoms with Crippen molar-refractivity contribution in [2.24, 2.45) is 0 Å². The van der Waals surface area contributed by atoms with E-state index < -0.39 is 11.9 Å². The Labute approximate surface area is 216 Å². The molecule has 1 aliphatic rings. The van der Waals surface area contributed by atoms with Crippen LogP contribution in [0.15, 0.2) is 79.0 Å². The van der Waals surface area contributed by atoms with Crippen LogP contribution in [0.1, 0.15) is 29.7 Å². The Morgan fingerprint density at radius 1 is 1.05 bits per heavy atom. The number of hydrogen-bond donors (Lipinski definition) is 3. The van der Waals surface area contributed by atoms with E-state index in [0.29, 0.717) is 24.8 Å². The third-order valence-corrected chi connectivity index (χ3v) is 5.87. The van der Waals surface area contributed by atoms with Crippen molar-refractivity contribution < 1.29 is 24.5 Å². The number of benzene rings is 2. The summed E-state index contributed by atoms with van der Waals surface area (Å²) in [6.45, 7) is 4.92.